The van der Waals surface area contributed by atoms with Gasteiger partial charge in [0.1, 0.15) is 6.61 Å². The fraction of sp³-hybridized carbons (Fsp3) is 0.500. The van der Waals surface area contributed by atoms with Gasteiger partial charge < -0.3 is 4.74 Å². The molecule has 0 atom stereocenters. The summed E-state index contributed by atoms with van der Waals surface area (Å²) < 4.78 is 4.77. The van der Waals surface area contributed by atoms with E-state index in [1.807, 2.05) is 13.0 Å². The summed E-state index contributed by atoms with van der Waals surface area (Å²) in [6.45, 7) is 5.56. The summed E-state index contributed by atoms with van der Waals surface area (Å²) in [4.78, 5) is 0. The minimum Gasteiger partial charge on any atom is -0.495 e. The molecule has 0 fully saturated rings. The Bertz CT molecular complexity index is 48.1. The normalized spacial score (nSPS) is 10.0. The van der Waals surface area contributed by atoms with Gasteiger partial charge in [-0.2, -0.15) is 0 Å². The van der Waals surface area contributed by atoms with E-state index in [4.69, 9.17) is 4.74 Å². The van der Waals surface area contributed by atoms with Crippen LogP contribution in [0.4, 0.5) is 0 Å². The molecule has 0 aliphatic rings. The van der Waals surface area contributed by atoms with Crippen LogP contribution in [0.15, 0.2) is 12.3 Å². The van der Waals surface area contributed by atoms with E-state index in [-0.39, 0.29) is 0 Å². The lowest BCUT2D eigenvalue weighted by atomic mass is 10.5. The van der Waals surface area contributed by atoms with Crippen LogP contribution in [0.5, 0.6) is 0 Å². The third-order valence-electron chi connectivity index (χ3n) is 0.547. The molecule has 0 rings (SSSR count). The molecule has 0 N–H and O–H groups in total. The molecule has 0 amide bonds. The first-order chi connectivity index (χ1) is 3.41. The molecule has 0 saturated heterocycles. The maximum absolute atomic E-state index is 4.77. The predicted octanol–water partition coefficient (Wildman–Crippen LogP) is 2.11. The van der Waals surface area contributed by atoms with E-state index in [1.165, 1.54) is 0 Å². The second-order valence-corrected chi connectivity index (χ2v) is 1.15. The van der Waals surface area contributed by atoms with Crippen molar-refractivity contribution in [1.82, 2.24) is 0 Å². The molecule has 1 radical (unpaired) electrons. The zero-order chi connectivity index (χ0) is 5.54. The lowest BCUT2D eigenvalue weighted by Gasteiger charge is -1.87. The topological polar surface area (TPSA) is 9.23 Å². The van der Waals surface area contributed by atoms with Crippen LogP contribution in [-0.2, 0) is 4.74 Å². The Kier molecular flexibility index (Phi) is 5.18. The Balaban J connectivity index is 2.78. The molecule has 1 nitrogen and oxygen atoms in total. The van der Waals surface area contributed by atoms with Crippen LogP contribution in [0.2, 0.25) is 0 Å². The molecule has 0 aromatic heterocycles. The zero-order valence-electron chi connectivity index (χ0n) is 4.85. The van der Waals surface area contributed by atoms with E-state index in [0.717, 1.165) is 6.42 Å². The fourth-order valence-corrected chi connectivity index (χ4v) is 0.230. The molecule has 0 spiro atoms. The van der Waals surface area contributed by atoms with Gasteiger partial charge in [-0.25, -0.2) is 0 Å². The summed E-state index contributed by atoms with van der Waals surface area (Å²) in [5.41, 5.74) is 0. The Hall–Kier alpha value is -0.460. The largest absolute Gasteiger partial charge is 0.495 e. The van der Waals surface area contributed by atoms with Crippen LogP contribution in [0, 0.1) is 6.61 Å². The Morgan fingerprint density at radius 1 is 1.57 bits per heavy atom. The number of allylic oxidation sites excluding steroid dienone is 1. The van der Waals surface area contributed by atoms with Crippen LogP contribution in [0.25, 0.3) is 0 Å². The van der Waals surface area contributed by atoms with E-state index in [9.17, 15) is 0 Å². The molecule has 0 aromatic rings. The van der Waals surface area contributed by atoms with Crippen molar-refractivity contribution in [3.63, 3.8) is 0 Å². The van der Waals surface area contributed by atoms with Gasteiger partial charge in [0.25, 0.3) is 0 Å². The number of ether oxygens (including phenoxy) is 1. The molecule has 0 bridgehead atoms. The van der Waals surface area contributed by atoms with Crippen LogP contribution in [0.3, 0.4) is 0 Å². The molecule has 7 heavy (non-hydrogen) atoms. The van der Waals surface area contributed by atoms with Crippen molar-refractivity contribution in [1.29, 1.82) is 0 Å². The predicted molar refractivity (Wildman–Crippen MR) is 30.5 cm³/mol. The van der Waals surface area contributed by atoms with Crippen molar-refractivity contribution in [3.8, 4) is 0 Å². The highest BCUT2D eigenvalue weighted by molar-refractivity contribution is 4.71. The quantitative estimate of drug-likeness (QED) is 0.492. The van der Waals surface area contributed by atoms with Crippen molar-refractivity contribution in [2.24, 2.45) is 0 Å². The van der Waals surface area contributed by atoms with Crippen molar-refractivity contribution < 1.29 is 4.74 Å². The minimum absolute atomic E-state index is 1.04. The Morgan fingerprint density at radius 3 is 2.71 bits per heavy atom. The van der Waals surface area contributed by atoms with Crippen LogP contribution < -0.4 is 0 Å². The molecule has 1 heteroatoms. The molecular weight excluding hydrogens is 88.1 g/mol. The maximum atomic E-state index is 4.77. The standard InChI is InChI=1S/C6H11O/c1-3-5-6-7-4-2/h4-6H,3H2,1-2H3/b6-5+. The lowest BCUT2D eigenvalue weighted by Crippen LogP contribution is -1.66. The van der Waals surface area contributed by atoms with Crippen LogP contribution in [-0.4, -0.2) is 0 Å². The molecule has 0 saturated carbocycles. The first-order valence-electron chi connectivity index (χ1n) is 2.50. The van der Waals surface area contributed by atoms with Crippen molar-refractivity contribution in [2.75, 3.05) is 0 Å². The second-order valence-electron chi connectivity index (χ2n) is 1.15. The smallest absolute Gasteiger partial charge is 0.131 e. The summed E-state index contributed by atoms with van der Waals surface area (Å²) >= 11 is 0. The lowest BCUT2D eigenvalue weighted by molar-refractivity contribution is 0.340. The van der Waals surface area contributed by atoms with E-state index in [2.05, 4.69) is 6.92 Å². The minimum atomic E-state index is 1.04. The molecule has 0 aromatic carbocycles. The van der Waals surface area contributed by atoms with Gasteiger partial charge >= 0.3 is 0 Å². The number of hydrogen-bond donors (Lipinski definition) is 0. The first-order valence-corrected chi connectivity index (χ1v) is 2.50. The summed E-state index contributed by atoms with van der Waals surface area (Å²) in [6.07, 6.45) is 4.67. The molecule has 41 valence electrons. The maximum Gasteiger partial charge on any atom is 0.131 e. The molecule has 0 aliphatic heterocycles. The van der Waals surface area contributed by atoms with Crippen molar-refractivity contribution >= 4 is 0 Å². The van der Waals surface area contributed by atoms with E-state index < -0.39 is 0 Å². The summed E-state index contributed by atoms with van der Waals surface area (Å²) in [6, 6.07) is 0. The highest BCUT2D eigenvalue weighted by Gasteiger charge is 1.65. The van der Waals surface area contributed by atoms with Gasteiger partial charge in [-0.1, -0.05) is 13.0 Å². The van der Waals surface area contributed by atoms with Crippen molar-refractivity contribution in [3.05, 3.63) is 18.9 Å². The van der Waals surface area contributed by atoms with Gasteiger partial charge in [0.2, 0.25) is 0 Å². The van der Waals surface area contributed by atoms with Crippen molar-refractivity contribution in [2.45, 2.75) is 20.3 Å². The average Bonchev–Trinajstić information content (AvgIpc) is 1.69. The summed E-state index contributed by atoms with van der Waals surface area (Å²) in [5.74, 6) is 0. The first kappa shape index (κ1) is 6.54. The van der Waals surface area contributed by atoms with Gasteiger partial charge in [0.15, 0.2) is 0 Å². The van der Waals surface area contributed by atoms with Gasteiger partial charge in [0, 0.05) is 0 Å². The van der Waals surface area contributed by atoms with Gasteiger partial charge in [-0.3, -0.25) is 0 Å². The van der Waals surface area contributed by atoms with Gasteiger partial charge in [-0.05, 0) is 13.3 Å². The molecular formula is C6H11O. The molecule has 0 aliphatic carbocycles. The summed E-state index contributed by atoms with van der Waals surface area (Å²) in [7, 11) is 0. The average molecular weight is 99.2 g/mol. The third-order valence-corrected chi connectivity index (χ3v) is 0.547. The van der Waals surface area contributed by atoms with Crippen LogP contribution >= 0.6 is 0 Å². The number of hydrogen-bond acceptors (Lipinski definition) is 1. The summed E-state index contributed by atoms with van der Waals surface area (Å²) in [5, 5.41) is 0. The third kappa shape index (κ3) is 5.54. The fourth-order valence-electron chi connectivity index (χ4n) is 0.230. The number of rotatable bonds is 3. The zero-order valence-corrected chi connectivity index (χ0v) is 4.85. The monoisotopic (exact) mass is 99.1 g/mol. The van der Waals surface area contributed by atoms with Gasteiger partial charge in [-0.15, -0.1) is 0 Å². The van der Waals surface area contributed by atoms with E-state index in [1.54, 1.807) is 12.9 Å². The van der Waals surface area contributed by atoms with E-state index >= 15 is 0 Å². The van der Waals surface area contributed by atoms with Crippen LogP contribution in [0.1, 0.15) is 20.3 Å². The Morgan fingerprint density at radius 2 is 2.29 bits per heavy atom. The SMILES string of the molecule is C[CH]O/C=C/CC. The highest BCUT2D eigenvalue weighted by atomic mass is 16.5. The molecule has 0 unspecified atom stereocenters. The second kappa shape index (κ2) is 5.54. The Labute approximate surface area is 45.0 Å². The van der Waals surface area contributed by atoms with E-state index in [0.29, 0.717) is 0 Å². The molecule has 0 heterocycles. The van der Waals surface area contributed by atoms with Gasteiger partial charge in [0.05, 0.1) is 6.26 Å². The highest BCUT2D eigenvalue weighted by Crippen LogP contribution is 1.82.